The maximum absolute atomic E-state index is 11.5. The van der Waals surface area contributed by atoms with Gasteiger partial charge in [-0.3, -0.25) is 5.32 Å². The van der Waals surface area contributed by atoms with Crippen molar-refractivity contribution in [2.24, 2.45) is 0 Å². The summed E-state index contributed by atoms with van der Waals surface area (Å²) in [6.45, 7) is 0.852. The molecule has 0 bridgehead atoms. The Balaban J connectivity index is 1.87. The summed E-state index contributed by atoms with van der Waals surface area (Å²) in [7, 11) is 0. The van der Waals surface area contributed by atoms with Crippen molar-refractivity contribution in [1.29, 1.82) is 0 Å². The van der Waals surface area contributed by atoms with Gasteiger partial charge in [-0.1, -0.05) is 0 Å². The third kappa shape index (κ3) is 3.61. The first-order valence-electron chi connectivity index (χ1n) is 6.18. The van der Waals surface area contributed by atoms with Gasteiger partial charge < -0.3 is 19.7 Å². The van der Waals surface area contributed by atoms with Crippen LogP contribution >= 0.6 is 0 Å². The second-order valence-electron chi connectivity index (χ2n) is 4.40. The van der Waals surface area contributed by atoms with Gasteiger partial charge in [-0.2, -0.15) is 0 Å². The fourth-order valence-electron chi connectivity index (χ4n) is 1.89. The maximum atomic E-state index is 11.5. The Bertz CT molecular complexity index is 510. The average Bonchev–Trinajstić information content (AvgIpc) is 2.89. The first kappa shape index (κ1) is 14.1. The molecule has 3 N–H and O–H groups in total. The molecule has 1 heterocycles. The molecular formula is C13H15NO6. The highest BCUT2D eigenvalue weighted by atomic mass is 16.6. The smallest absolute Gasteiger partial charge is 0.411 e. The summed E-state index contributed by atoms with van der Waals surface area (Å²) in [5, 5.41) is 20.6. The summed E-state index contributed by atoms with van der Waals surface area (Å²) < 4.78 is 10.3. The predicted molar refractivity (Wildman–Crippen MR) is 69.0 cm³/mol. The Morgan fingerprint density at radius 1 is 1.45 bits per heavy atom. The highest BCUT2D eigenvalue weighted by molar-refractivity contribution is 5.92. The molecule has 1 saturated heterocycles. The average molecular weight is 281 g/mol. The summed E-state index contributed by atoms with van der Waals surface area (Å²) in [4.78, 5) is 22.2. The van der Waals surface area contributed by atoms with Crippen LogP contribution in [0, 0.1) is 0 Å². The van der Waals surface area contributed by atoms with Gasteiger partial charge in [-0.25, -0.2) is 9.59 Å². The van der Waals surface area contributed by atoms with E-state index in [0.29, 0.717) is 6.61 Å². The number of carboxylic acid groups (broad SMARTS) is 1. The molecule has 0 spiro atoms. The molecule has 1 amide bonds. The van der Waals surface area contributed by atoms with Gasteiger partial charge in [0, 0.05) is 18.4 Å². The Labute approximate surface area is 115 Å². The molecule has 0 saturated carbocycles. The van der Waals surface area contributed by atoms with E-state index in [2.05, 4.69) is 5.32 Å². The molecule has 1 unspecified atom stereocenters. The molecule has 1 aromatic carbocycles. The van der Waals surface area contributed by atoms with E-state index in [9.17, 15) is 14.7 Å². The number of hydrogen-bond acceptors (Lipinski definition) is 5. The highest BCUT2D eigenvalue weighted by Gasteiger charge is 2.17. The standard InChI is InChI=1S/C13H15NO6/c15-11-6-8(3-4-10(11)12(16)17)14-13(18)20-7-9-2-1-5-19-9/h3-4,6,9,15H,1-2,5,7H2,(H,14,18)(H,16,17). The summed E-state index contributed by atoms with van der Waals surface area (Å²) >= 11 is 0. The second kappa shape index (κ2) is 6.25. The first-order valence-corrected chi connectivity index (χ1v) is 6.18. The number of anilines is 1. The number of rotatable bonds is 4. The fraction of sp³-hybridized carbons (Fsp3) is 0.385. The molecule has 1 aliphatic rings. The topological polar surface area (TPSA) is 105 Å². The Hall–Kier alpha value is -2.28. The van der Waals surface area contributed by atoms with Gasteiger partial charge in [-0.15, -0.1) is 0 Å². The zero-order valence-electron chi connectivity index (χ0n) is 10.7. The van der Waals surface area contributed by atoms with Crippen LogP contribution in [0.1, 0.15) is 23.2 Å². The van der Waals surface area contributed by atoms with E-state index in [1.54, 1.807) is 0 Å². The van der Waals surface area contributed by atoms with Crippen molar-refractivity contribution in [2.75, 3.05) is 18.5 Å². The number of aromatic carboxylic acids is 1. The molecule has 2 rings (SSSR count). The lowest BCUT2D eigenvalue weighted by Gasteiger charge is -2.11. The van der Waals surface area contributed by atoms with Gasteiger partial charge in [0.1, 0.15) is 17.9 Å². The SMILES string of the molecule is O=C(Nc1ccc(C(=O)O)c(O)c1)OCC1CCCO1. The van der Waals surface area contributed by atoms with Crippen LogP contribution in [0.4, 0.5) is 10.5 Å². The van der Waals surface area contributed by atoms with E-state index in [4.69, 9.17) is 14.6 Å². The third-order valence-electron chi connectivity index (χ3n) is 2.90. The lowest BCUT2D eigenvalue weighted by Crippen LogP contribution is -2.21. The van der Waals surface area contributed by atoms with Crippen molar-refractivity contribution in [3.63, 3.8) is 0 Å². The van der Waals surface area contributed by atoms with E-state index in [1.165, 1.54) is 12.1 Å². The fourth-order valence-corrected chi connectivity index (χ4v) is 1.89. The number of aromatic hydroxyl groups is 1. The van der Waals surface area contributed by atoms with Crippen molar-refractivity contribution in [3.8, 4) is 5.75 Å². The van der Waals surface area contributed by atoms with Crippen LogP contribution in [0.3, 0.4) is 0 Å². The van der Waals surface area contributed by atoms with Crippen LogP contribution in [0.15, 0.2) is 18.2 Å². The predicted octanol–water partition coefficient (Wildman–Crippen LogP) is 1.82. The lowest BCUT2D eigenvalue weighted by molar-refractivity contribution is 0.0484. The summed E-state index contributed by atoms with van der Waals surface area (Å²) in [5.74, 6) is -1.66. The van der Waals surface area contributed by atoms with Crippen molar-refractivity contribution in [3.05, 3.63) is 23.8 Å². The quantitative estimate of drug-likeness (QED) is 0.777. The molecule has 0 radical (unpaired) electrons. The van der Waals surface area contributed by atoms with E-state index in [-0.39, 0.29) is 24.0 Å². The van der Waals surface area contributed by atoms with Crippen LogP contribution in [0.2, 0.25) is 0 Å². The molecule has 108 valence electrons. The van der Waals surface area contributed by atoms with E-state index < -0.39 is 17.8 Å². The summed E-state index contributed by atoms with van der Waals surface area (Å²) in [6, 6.07) is 3.72. The summed E-state index contributed by atoms with van der Waals surface area (Å²) in [5.41, 5.74) is 0.0214. The Morgan fingerprint density at radius 2 is 2.25 bits per heavy atom. The molecule has 1 fully saturated rings. The number of carbonyl (C=O) groups is 2. The zero-order valence-corrected chi connectivity index (χ0v) is 10.7. The highest BCUT2D eigenvalue weighted by Crippen LogP contribution is 2.22. The zero-order chi connectivity index (χ0) is 14.5. The molecule has 1 aliphatic heterocycles. The van der Waals surface area contributed by atoms with Crippen LogP contribution in [-0.2, 0) is 9.47 Å². The number of benzene rings is 1. The lowest BCUT2D eigenvalue weighted by atomic mass is 10.2. The summed E-state index contributed by atoms with van der Waals surface area (Å²) in [6.07, 6.45) is 1.08. The molecule has 7 nitrogen and oxygen atoms in total. The monoisotopic (exact) mass is 281 g/mol. The minimum atomic E-state index is -1.24. The number of nitrogens with one attached hydrogen (secondary N) is 1. The van der Waals surface area contributed by atoms with Crippen molar-refractivity contribution < 1.29 is 29.3 Å². The first-order chi connectivity index (χ1) is 9.56. The number of ether oxygens (including phenoxy) is 2. The maximum Gasteiger partial charge on any atom is 0.411 e. The third-order valence-corrected chi connectivity index (χ3v) is 2.90. The van der Waals surface area contributed by atoms with Gasteiger partial charge in [0.05, 0.1) is 6.10 Å². The van der Waals surface area contributed by atoms with Crippen molar-refractivity contribution in [2.45, 2.75) is 18.9 Å². The Morgan fingerprint density at radius 3 is 2.85 bits per heavy atom. The van der Waals surface area contributed by atoms with Crippen molar-refractivity contribution in [1.82, 2.24) is 0 Å². The Kier molecular flexibility index (Phi) is 4.41. The number of hydrogen-bond donors (Lipinski definition) is 3. The van der Waals surface area contributed by atoms with Gasteiger partial charge in [0.25, 0.3) is 0 Å². The second-order valence-corrected chi connectivity index (χ2v) is 4.40. The van der Waals surface area contributed by atoms with Crippen LogP contribution in [0.25, 0.3) is 0 Å². The molecule has 1 atom stereocenters. The normalized spacial score (nSPS) is 17.7. The number of carboxylic acids is 1. The molecule has 1 aromatic rings. The number of phenols is 1. The number of carbonyl (C=O) groups excluding carboxylic acids is 1. The van der Waals surface area contributed by atoms with E-state index in [0.717, 1.165) is 18.9 Å². The van der Waals surface area contributed by atoms with Gasteiger partial charge >= 0.3 is 12.1 Å². The molecular weight excluding hydrogens is 266 g/mol. The number of amides is 1. The minimum Gasteiger partial charge on any atom is -0.507 e. The molecule has 7 heteroatoms. The van der Waals surface area contributed by atoms with Crippen LogP contribution < -0.4 is 5.32 Å². The van der Waals surface area contributed by atoms with Crippen LogP contribution in [0.5, 0.6) is 5.75 Å². The van der Waals surface area contributed by atoms with E-state index >= 15 is 0 Å². The van der Waals surface area contributed by atoms with Gasteiger partial charge in [0.15, 0.2) is 0 Å². The minimum absolute atomic E-state index is 0.0662. The van der Waals surface area contributed by atoms with Gasteiger partial charge in [0.2, 0.25) is 0 Å². The van der Waals surface area contributed by atoms with Gasteiger partial charge in [-0.05, 0) is 25.0 Å². The van der Waals surface area contributed by atoms with Crippen molar-refractivity contribution >= 4 is 17.7 Å². The molecule has 0 aliphatic carbocycles. The largest absolute Gasteiger partial charge is 0.507 e. The van der Waals surface area contributed by atoms with Crippen LogP contribution in [-0.4, -0.2) is 41.6 Å². The molecule has 20 heavy (non-hydrogen) atoms. The van der Waals surface area contributed by atoms with E-state index in [1.807, 2.05) is 0 Å². The molecule has 0 aromatic heterocycles.